The molecule has 1 aliphatic rings. The molecule has 0 aromatic heterocycles. The monoisotopic (exact) mass is 212 g/mol. The number of piperazine rings is 1. The van der Waals surface area contributed by atoms with Crippen LogP contribution in [0.15, 0.2) is 0 Å². The van der Waals surface area contributed by atoms with Crippen LogP contribution in [0.4, 0.5) is 0 Å². The summed E-state index contributed by atoms with van der Waals surface area (Å²) in [5.41, 5.74) is 0.360. The largest absolute Gasteiger partial charge is 0.311 e. The van der Waals surface area contributed by atoms with Gasteiger partial charge in [0.15, 0.2) is 0 Å². The zero-order valence-corrected chi connectivity index (χ0v) is 11.1. The summed E-state index contributed by atoms with van der Waals surface area (Å²) in [5, 5.41) is 3.70. The molecule has 2 atom stereocenters. The zero-order valence-electron chi connectivity index (χ0n) is 11.1. The van der Waals surface area contributed by atoms with Crippen LogP contribution in [0.2, 0.25) is 0 Å². The van der Waals surface area contributed by atoms with Crippen molar-refractivity contribution in [2.24, 2.45) is 0 Å². The summed E-state index contributed by atoms with van der Waals surface area (Å²) in [7, 11) is 0. The van der Waals surface area contributed by atoms with E-state index in [-0.39, 0.29) is 0 Å². The molecule has 1 aliphatic heterocycles. The Hall–Kier alpha value is -0.0800. The van der Waals surface area contributed by atoms with Gasteiger partial charge in [-0.15, -0.1) is 0 Å². The highest BCUT2D eigenvalue weighted by atomic mass is 15.3. The number of hydrogen-bond acceptors (Lipinski definition) is 2. The fraction of sp³-hybridized carbons (Fsp3) is 1.00. The predicted molar refractivity (Wildman–Crippen MR) is 67.2 cm³/mol. The van der Waals surface area contributed by atoms with E-state index in [9.17, 15) is 0 Å². The maximum Gasteiger partial charge on any atom is 0.0306 e. The second-order valence-corrected chi connectivity index (χ2v) is 5.46. The Labute approximate surface area is 95.4 Å². The van der Waals surface area contributed by atoms with Gasteiger partial charge in [-0.2, -0.15) is 0 Å². The van der Waals surface area contributed by atoms with Gasteiger partial charge in [0.05, 0.1) is 0 Å². The smallest absolute Gasteiger partial charge is 0.0306 e. The lowest BCUT2D eigenvalue weighted by atomic mass is 9.90. The summed E-state index contributed by atoms with van der Waals surface area (Å²) in [5.74, 6) is 0. The van der Waals surface area contributed by atoms with Gasteiger partial charge in [0, 0.05) is 30.7 Å². The molecule has 0 aromatic carbocycles. The minimum Gasteiger partial charge on any atom is -0.311 e. The summed E-state index contributed by atoms with van der Waals surface area (Å²) in [6.45, 7) is 14.0. The molecule has 1 heterocycles. The van der Waals surface area contributed by atoms with E-state index in [1.54, 1.807) is 0 Å². The highest BCUT2D eigenvalue weighted by Gasteiger charge is 2.37. The average Bonchev–Trinajstić information content (AvgIpc) is 2.21. The molecule has 90 valence electrons. The van der Waals surface area contributed by atoms with Crippen LogP contribution in [0.3, 0.4) is 0 Å². The van der Waals surface area contributed by atoms with Crippen molar-refractivity contribution in [3.05, 3.63) is 0 Å². The molecule has 0 aromatic rings. The molecule has 0 amide bonds. The number of nitrogens with one attached hydrogen (secondary N) is 1. The molecular weight excluding hydrogens is 184 g/mol. The third-order valence-corrected chi connectivity index (χ3v) is 3.90. The van der Waals surface area contributed by atoms with Crippen molar-refractivity contribution < 1.29 is 0 Å². The topological polar surface area (TPSA) is 15.3 Å². The number of rotatable bonds is 4. The summed E-state index contributed by atoms with van der Waals surface area (Å²) < 4.78 is 0. The molecule has 1 fully saturated rings. The van der Waals surface area contributed by atoms with Gasteiger partial charge in [0.1, 0.15) is 0 Å². The minimum atomic E-state index is 0.360. The molecule has 15 heavy (non-hydrogen) atoms. The minimum absolute atomic E-state index is 0.360. The lowest BCUT2D eigenvalue weighted by Crippen LogP contribution is -2.64. The van der Waals surface area contributed by atoms with Crippen molar-refractivity contribution >= 4 is 0 Å². The van der Waals surface area contributed by atoms with E-state index >= 15 is 0 Å². The first-order chi connectivity index (χ1) is 7.03. The number of nitrogens with zero attached hydrogens (tertiary/aromatic N) is 1. The van der Waals surface area contributed by atoms with E-state index in [0.29, 0.717) is 17.6 Å². The van der Waals surface area contributed by atoms with E-state index in [2.05, 4.69) is 44.8 Å². The molecule has 0 radical (unpaired) electrons. The first kappa shape index (κ1) is 13.0. The molecule has 2 heteroatoms. The lowest BCUT2D eigenvalue weighted by Gasteiger charge is -2.50. The molecule has 0 saturated carbocycles. The van der Waals surface area contributed by atoms with E-state index in [1.165, 1.54) is 25.8 Å². The van der Waals surface area contributed by atoms with Crippen LogP contribution in [0, 0.1) is 0 Å². The maximum atomic E-state index is 3.70. The molecule has 1 N–H and O–H groups in total. The normalized spacial score (nSPS) is 33.6. The Balaban J connectivity index is 2.65. The number of hydrogen-bond donors (Lipinski definition) is 1. The van der Waals surface area contributed by atoms with Gasteiger partial charge in [-0.3, -0.25) is 4.90 Å². The second kappa shape index (κ2) is 5.31. The standard InChI is InChI=1S/C13H28N2/c1-6-8-12-9-15(11(3)4)13(5,7-2)10-14-12/h11-12,14H,6-10H2,1-5H3. The fourth-order valence-electron chi connectivity index (χ4n) is 2.69. The zero-order chi connectivity index (χ0) is 11.5. The molecule has 2 unspecified atom stereocenters. The van der Waals surface area contributed by atoms with E-state index in [1.807, 2.05) is 0 Å². The van der Waals surface area contributed by atoms with E-state index < -0.39 is 0 Å². The first-order valence-corrected chi connectivity index (χ1v) is 6.53. The fourth-order valence-corrected chi connectivity index (χ4v) is 2.69. The second-order valence-electron chi connectivity index (χ2n) is 5.46. The van der Waals surface area contributed by atoms with Gasteiger partial charge in [-0.1, -0.05) is 20.3 Å². The van der Waals surface area contributed by atoms with Gasteiger partial charge in [0.2, 0.25) is 0 Å². The van der Waals surface area contributed by atoms with Crippen LogP contribution < -0.4 is 5.32 Å². The molecule has 0 spiro atoms. The van der Waals surface area contributed by atoms with Crippen LogP contribution in [0.25, 0.3) is 0 Å². The van der Waals surface area contributed by atoms with Gasteiger partial charge >= 0.3 is 0 Å². The van der Waals surface area contributed by atoms with Crippen molar-refractivity contribution in [1.82, 2.24) is 10.2 Å². The Bertz CT molecular complexity index is 191. The molecule has 0 aliphatic carbocycles. The first-order valence-electron chi connectivity index (χ1n) is 6.53. The average molecular weight is 212 g/mol. The van der Waals surface area contributed by atoms with Crippen molar-refractivity contribution in [2.45, 2.75) is 71.5 Å². The van der Waals surface area contributed by atoms with Crippen molar-refractivity contribution in [3.63, 3.8) is 0 Å². The van der Waals surface area contributed by atoms with Crippen molar-refractivity contribution in [1.29, 1.82) is 0 Å². The summed E-state index contributed by atoms with van der Waals surface area (Å²) in [6, 6.07) is 1.37. The van der Waals surface area contributed by atoms with Gasteiger partial charge in [0.25, 0.3) is 0 Å². The van der Waals surface area contributed by atoms with Gasteiger partial charge in [-0.05, 0) is 33.6 Å². The highest BCUT2D eigenvalue weighted by Crippen LogP contribution is 2.26. The van der Waals surface area contributed by atoms with Crippen LogP contribution >= 0.6 is 0 Å². The van der Waals surface area contributed by atoms with Crippen molar-refractivity contribution in [3.8, 4) is 0 Å². The quantitative estimate of drug-likeness (QED) is 0.770. The predicted octanol–water partition coefficient (Wildman–Crippen LogP) is 2.64. The summed E-state index contributed by atoms with van der Waals surface area (Å²) >= 11 is 0. The van der Waals surface area contributed by atoms with Crippen LogP contribution in [-0.2, 0) is 0 Å². The van der Waals surface area contributed by atoms with Crippen LogP contribution in [-0.4, -0.2) is 35.6 Å². The Morgan fingerprint density at radius 2 is 2.07 bits per heavy atom. The third-order valence-electron chi connectivity index (χ3n) is 3.90. The third kappa shape index (κ3) is 2.94. The Kier molecular flexibility index (Phi) is 4.60. The summed E-state index contributed by atoms with van der Waals surface area (Å²) in [6.07, 6.45) is 3.83. The van der Waals surface area contributed by atoms with E-state index in [4.69, 9.17) is 0 Å². The van der Waals surface area contributed by atoms with Gasteiger partial charge < -0.3 is 5.32 Å². The Morgan fingerprint density at radius 3 is 2.53 bits per heavy atom. The highest BCUT2D eigenvalue weighted by molar-refractivity contribution is 4.96. The van der Waals surface area contributed by atoms with Gasteiger partial charge in [-0.25, -0.2) is 0 Å². The van der Waals surface area contributed by atoms with Crippen LogP contribution in [0.5, 0.6) is 0 Å². The molecule has 2 nitrogen and oxygen atoms in total. The SMILES string of the molecule is CCCC1CN(C(C)C)C(C)(CC)CN1. The molecule has 0 bridgehead atoms. The Morgan fingerprint density at radius 1 is 1.40 bits per heavy atom. The maximum absolute atomic E-state index is 3.70. The van der Waals surface area contributed by atoms with Crippen LogP contribution in [0.1, 0.15) is 53.9 Å². The lowest BCUT2D eigenvalue weighted by molar-refractivity contribution is 0.0205. The van der Waals surface area contributed by atoms with Crippen molar-refractivity contribution in [2.75, 3.05) is 13.1 Å². The molecule has 1 saturated heterocycles. The summed E-state index contributed by atoms with van der Waals surface area (Å²) in [4.78, 5) is 2.68. The molecule has 1 rings (SSSR count). The van der Waals surface area contributed by atoms with E-state index in [0.717, 1.165) is 6.54 Å². The molecular formula is C13H28N2.